The highest BCUT2D eigenvalue weighted by Gasteiger charge is 2.23. The molecular weight excluding hydrogens is 1060 g/mol. The van der Waals surface area contributed by atoms with Crippen LogP contribution in [0.25, 0.3) is 22.8 Å². The SMILES string of the molecule is CCN(CC)c1cc(Nc2nc(Nc3cc(N(CC)CC)c(OC)cc3/N=N/c3nc(-c4cccc(S(=O)(=O)O)c4)ns3)nc(SC3CCCCC3)n2)c(/N=N/c2nc(-c3cccc(S(=O)(=O)O)c3)ns2)cc1OC. The number of ether oxygens (including phenoxy) is 2. The number of hydrogen-bond acceptors (Lipinski definition) is 24. The summed E-state index contributed by atoms with van der Waals surface area (Å²) in [6, 6.07) is 18.6. The Hall–Kier alpha value is -6.82. The Morgan fingerprint density at radius 2 is 1.05 bits per heavy atom. The summed E-state index contributed by atoms with van der Waals surface area (Å²) >= 11 is 3.48. The molecule has 4 aromatic carbocycles. The van der Waals surface area contributed by atoms with Crippen LogP contribution < -0.4 is 29.9 Å². The molecule has 3 aromatic heterocycles. The molecule has 1 aliphatic carbocycles. The van der Waals surface area contributed by atoms with Crippen LogP contribution in [-0.4, -0.2) is 105 Å². The van der Waals surface area contributed by atoms with Crippen molar-refractivity contribution in [2.45, 2.75) is 80.0 Å². The van der Waals surface area contributed by atoms with Crippen LogP contribution in [0.2, 0.25) is 0 Å². The van der Waals surface area contributed by atoms with E-state index in [1.165, 1.54) is 42.8 Å². The van der Waals surface area contributed by atoms with Gasteiger partial charge in [-0.25, -0.2) is 0 Å². The average molecular weight is 1120 g/mol. The van der Waals surface area contributed by atoms with Gasteiger partial charge in [-0.1, -0.05) is 55.3 Å². The number of nitrogens with zero attached hydrogens (tertiary/aromatic N) is 13. The molecule has 394 valence electrons. The molecule has 23 nitrogen and oxygen atoms in total. The molecule has 0 saturated heterocycles. The van der Waals surface area contributed by atoms with Gasteiger partial charge in [0.25, 0.3) is 20.2 Å². The van der Waals surface area contributed by atoms with Crippen LogP contribution in [0, 0.1) is 0 Å². The molecule has 1 saturated carbocycles. The highest BCUT2D eigenvalue weighted by atomic mass is 32.2. The second-order valence-corrected chi connectivity index (χ2v) is 22.1. The van der Waals surface area contributed by atoms with Crippen LogP contribution >= 0.6 is 34.8 Å². The zero-order valence-corrected chi connectivity index (χ0v) is 45.7. The number of hydrogen-bond donors (Lipinski definition) is 4. The van der Waals surface area contributed by atoms with Gasteiger partial charge >= 0.3 is 0 Å². The number of anilines is 6. The van der Waals surface area contributed by atoms with E-state index in [0.717, 1.165) is 60.1 Å². The van der Waals surface area contributed by atoms with Crippen molar-refractivity contribution >= 4 is 111 Å². The standard InChI is InChI=1S/C47H53N15O8S5/c1-7-61(8-2)37-24-33(35(26-39(37)69-5)55-57-46-50-41(59-72-46)28-16-14-20-31(22-28)74(63,64)65)48-43-52-44(54-45(53-43)71-30-18-12-11-13-19-30)49-34-25-38(62(9-3)10-4)40(70-6)27-36(34)56-58-47-51-42(60-73-47)29-17-15-21-32(23-29)75(66,67)68/h14-17,20-27,30H,7-13,18-19H2,1-6H3,(H,63,64,65)(H,66,67,68)(H2,48,49,52,53,54)/b57-55+,58-56+. The van der Waals surface area contributed by atoms with Gasteiger partial charge in [-0.15, -0.1) is 20.5 Å². The molecule has 0 spiro atoms. The summed E-state index contributed by atoms with van der Waals surface area (Å²) in [4.78, 5) is 27.4. The summed E-state index contributed by atoms with van der Waals surface area (Å²) in [6.07, 6.45) is 5.38. The minimum absolute atomic E-state index is 0.173. The van der Waals surface area contributed by atoms with Gasteiger partial charge in [-0.2, -0.15) is 50.5 Å². The Labute approximate surface area is 446 Å². The molecule has 0 radical (unpaired) electrons. The van der Waals surface area contributed by atoms with E-state index in [4.69, 9.17) is 24.4 Å². The van der Waals surface area contributed by atoms with Gasteiger partial charge in [0, 0.05) is 77.8 Å². The number of azo groups is 2. The molecule has 0 unspecified atom stereocenters. The number of aromatic nitrogens is 7. The molecule has 0 bridgehead atoms. The van der Waals surface area contributed by atoms with E-state index in [1.54, 1.807) is 50.2 Å². The molecule has 4 N–H and O–H groups in total. The maximum Gasteiger partial charge on any atom is 0.294 e. The molecule has 0 amide bonds. The Morgan fingerprint density at radius 1 is 0.613 bits per heavy atom. The molecule has 0 aliphatic heterocycles. The predicted octanol–water partition coefficient (Wildman–Crippen LogP) is 11.9. The lowest BCUT2D eigenvalue weighted by molar-refractivity contribution is 0.414. The normalized spacial score (nSPS) is 13.4. The third-order valence-corrected chi connectivity index (χ3v) is 15.9. The number of rotatable bonds is 22. The molecule has 28 heteroatoms. The van der Waals surface area contributed by atoms with Gasteiger partial charge in [0.2, 0.25) is 22.2 Å². The van der Waals surface area contributed by atoms with E-state index in [2.05, 4.69) is 59.6 Å². The maximum absolute atomic E-state index is 11.8. The molecule has 8 rings (SSSR count). The smallest absolute Gasteiger partial charge is 0.294 e. The second-order valence-electron chi connectivity index (χ2n) is 16.5. The first-order valence-electron chi connectivity index (χ1n) is 23.7. The summed E-state index contributed by atoms with van der Waals surface area (Å²) in [5, 5.41) is 26.0. The van der Waals surface area contributed by atoms with Crippen LogP contribution in [0.15, 0.2) is 108 Å². The number of thioether (sulfide) groups is 1. The Morgan fingerprint density at radius 3 is 1.45 bits per heavy atom. The van der Waals surface area contributed by atoms with Gasteiger partial charge in [-0.05, 0) is 76.9 Å². The maximum atomic E-state index is 11.8. The number of methoxy groups -OCH3 is 2. The van der Waals surface area contributed by atoms with Crippen molar-refractivity contribution < 1.29 is 35.4 Å². The second kappa shape index (κ2) is 24.2. The summed E-state index contributed by atoms with van der Waals surface area (Å²) in [5.74, 6) is 1.84. The first kappa shape index (κ1) is 54.4. The van der Waals surface area contributed by atoms with Gasteiger partial charge in [-0.3, -0.25) is 9.11 Å². The van der Waals surface area contributed by atoms with Gasteiger partial charge in [0.1, 0.15) is 22.9 Å². The van der Waals surface area contributed by atoms with Gasteiger partial charge in [0.15, 0.2) is 16.8 Å². The summed E-state index contributed by atoms with van der Waals surface area (Å²) in [6.45, 7) is 10.8. The van der Waals surface area contributed by atoms with E-state index in [1.807, 2.05) is 39.8 Å². The van der Waals surface area contributed by atoms with E-state index >= 15 is 0 Å². The molecule has 75 heavy (non-hydrogen) atoms. The topological polar surface area (TPSA) is 297 Å². The lowest BCUT2D eigenvalue weighted by atomic mass is 10.0. The van der Waals surface area contributed by atoms with Crippen molar-refractivity contribution in [3.05, 3.63) is 72.8 Å². The van der Waals surface area contributed by atoms with Crippen LogP contribution in [-0.2, 0) is 20.2 Å². The van der Waals surface area contributed by atoms with Crippen LogP contribution in [0.5, 0.6) is 11.5 Å². The van der Waals surface area contributed by atoms with Crippen LogP contribution in [0.1, 0.15) is 59.8 Å². The highest BCUT2D eigenvalue weighted by molar-refractivity contribution is 7.99. The fraction of sp³-hybridized carbons (Fsp3) is 0.340. The van der Waals surface area contributed by atoms with Crippen molar-refractivity contribution in [3.63, 3.8) is 0 Å². The largest absolute Gasteiger partial charge is 0.494 e. The van der Waals surface area contributed by atoms with E-state index in [-0.39, 0.29) is 48.8 Å². The molecule has 3 heterocycles. The van der Waals surface area contributed by atoms with Crippen molar-refractivity contribution in [1.82, 2.24) is 33.7 Å². The van der Waals surface area contributed by atoms with Crippen molar-refractivity contribution in [3.8, 4) is 34.3 Å². The predicted molar refractivity (Wildman–Crippen MR) is 291 cm³/mol. The first-order valence-corrected chi connectivity index (χ1v) is 29.0. The minimum atomic E-state index is -4.46. The lowest BCUT2D eigenvalue weighted by Gasteiger charge is -2.25. The Balaban J connectivity index is 1.19. The minimum Gasteiger partial charge on any atom is -0.494 e. The van der Waals surface area contributed by atoms with Crippen molar-refractivity contribution in [1.29, 1.82) is 0 Å². The Bertz CT molecular complexity index is 3230. The molecule has 7 aromatic rings. The number of nitrogens with one attached hydrogen (secondary N) is 2. The van der Waals surface area contributed by atoms with E-state index in [0.29, 0.717) is 76.7 Å². The third kappa shape index (κ3) is 13.5. The van der Waals surface area contributed by atoms with Crippen LogP contribution in [0.3, 0.4) is 0 Å². The molecule has 0 atom stereocenters. The average Bonchev–Trinajstić information content (AvgIpc) is 4.09. The van der Waals surface area contributed by atoms with Gasteiger partial charge < -0.3 is 29.9 Å². The first-order chi connectivity index (χ1) is 36.1. The molecule has 1 fully saturated rings. The molecular formula is C47H53N15O8S5. The van der Waals surface area contributed by atoms with Crippen molar-refractivity contribution in [2.75, 3.05) is 60.8 Å². The fourth-order valence-electron chi connectivity index (χ4n) is 8.06. The van der Waals surface area contributed by atoms with Crippen molar-refractivity contribution in [2.24, 2.45) is 20.5 Å². The quantitative estimate of drug-likeness (QED) is 0.0362. The third-order valence-electron chi connectivity index (χ3n) is 11.8. The summed E-state index contributed by atoms with van der Waals surface area (Å²) in [5.41, 5.74) is 3.91. The van der Waals surface area contributed by atoms with Gasteiger partial charge in [0.05, 0.1) is 46.8 Å². The summed E-state index contributed by atoms with van der Waals surface area (Å²) < 4.78 is 87.1. The van der Waals surface area contributed by atoms with E-state index in [9.17, 15) is 25.9 Å². The van der Waals surface area contributed by atoms with Crippen LogP contribution in [0.4, 0.5) is 56.3 Å². The monoisotopic (exact) mass is 1120 g/mol. The highest BCUT2D eigenvalue weighted by Crippen LogP contribution is 2.43. The molecule has 1 aliphatic rings. The Kier molecular flexibility index (Phi) is 17.6. The van der Waals surface area contributed by atoms with E-state index < -0.39 is 20.2 Å². The zero-order valence-electron chi connectivity index (χ0n) is 41.6. The lowest BCUT2D eigenvalue weighted by Crippen LogP contribution is -2.22. The summed E-state index contributed by atoms with van der Waals surface area (Å²) in [7, 11) is -5.77. The number of benzene rings is 4. The zero-order chi connectivity index (χ0) is 53.3. The fourth-order valence-corrected chi connectivity index (χ4v) is 11.3.